The van der Waals surface area contributed by atoms with Crippen molar-refractivity contribution in [2.75, 3.05) is 10.6 Å². The average Bonchev–Trinajstić information content (AvgIpc) is 2.69. The minimum Gasteiger partial charge on any atom is -0.393 e. The molecule has 1 aliphatic carbocycles. The number of aliphatic hydroxyl groups excluding tert-OH is 1. The standard InChI is InChI=1S/C21H26N6O3/c1-13(2)27-9-7-14-11-17(24-18-12-26(30)10-8-22-18)25-20(19(14)21(27)29)23-15-3-5-16(28)6-4-15/h7-13,15-16,28H,3-6H2,1-2H3,(H2-,22,23,24,25,29,30)/p+1. The second kappa shape index (κ2) is 8.27. The van der Waals surface area contributed by atoms with Crippen LogP contribution in [-0.4, -0.2) is 31.8 Å². The Labute approximate surface area is 173 Å². The Bertz CT molecular complexity index is 1160. The van der Waals surface area contributed by atoms with Gasteiger partial charge in [0.1, 0.15) is 11.6 Å². The number of hydrogen-bond acceptors (Lipinski definition) is 6. The highest BCUT2D eigenvalue weighted by Crippen LogP contribution is 2.27. The largest absolute Gasteiger partial charge is 0.393 e. The van der Waals surface area contributed by atoms with Gasteiger partial charge < -0.3 is 25.3 Å². The van der Waals surface area contributed by atoms with Crippen molar-refractivity contribution in [2.24, 2.45) is 0 Å². The molecule has 9 heteroatoms. The summed E-state index contributed by atoms with van der Waals surface area (Å²) in [6, 6.07) is 3.87. The average molecular weight is 411 g/mol. The molecule has 0 bridgehead atoms. The number of aliphatic hydroxyl groups is 1. The second-order valence-corrected chi connectivity index (χ2v) is 8.08. The highest BCUT2D eigenvalue weighted by atomic mass is 16.3. The van der Waals surface area contributed by atoms with Gasteiger partial charge in [0.25, 0.3) is 11.8 Å². The summed E-state index contributed by atoms with van der Waals surface area (Å²) in [5.41, 5.74) is -0.0939. The van der Waals surface area contributed by atoms with Gasteiger partial charge in [-0.2, -0.15) is 0 Å². The molecule has 30 heavy (non-hydrogen) atoms. The molecule has 0 unspecified atom stereocenters. The number of rotatable bonds is 5. The van der Waals surface area contributed by atoms with Crippen molar-refractivity contribution in [1.29, 1.82) is 0 Å². The molecule has 0 spiro atoms. The summed E-state index contributed by atoms with van der Waals surface area (Å²) < 4.78 is 2.38. The quantitative estimate of drug-likeness (QED) is 0.480. The van der Waals surface area contributed by atoms with E-state index in [0.29, 0.717) is 27.3 Å². The maximum Gasteiger partial charge on any atom is 0.268 e. The molecule has 0 saturated heterocycles. The van der Waals surface area contributed by atoms with Crippen LogP contribution in [0.2, 0.25) is 0 Å². The number of pyridine rings is 2. The molecule has 9 nitrogen and oxygen atoms in total. The lowest BCUT2D eigenvalue weighted by Crippen LogP contribution is -2.30. The van der Waals surface area contributed by atoms with Crippen LogP contribution < -0.4 is 20.6 Å². The Morgan fingerprint density at radius 1 is 1.30 bits per heavy atom. The van der Waals surface area contributed by atoms with Crippen molar-refractivity contribution < 1.29 is 9.53 Å². The van der Waals surface area contributed by atoms with E-state index < -0.39 is 0 Å². The van der Waals surface area contributed by atoms with Crippen LogP contribution >= 0.6 is 0 Å². The summed E-state index contributed by atoms with van der Waals surface area (Å²) in [6.07, 6.45) is 8.89. The first-order chi connectivity index (χ1) is 14.4. The predicted octanol–water partition coefficient (Wildman–Crippen LogP) is 2.68. The second-order valence-electron chi connectivity index (χ2n) is 8.08. The molecule has 158 valence electrons. The number of H-pyrrole nitrogens is 1. The third kappa shape index (κ3) is 4.20. The Morgan fingerprint density at radius 2 is 2.07 bits per heavy atom. The minimum atomic E-state index is -0.258. The van der Waals surface area contributed by atoms with Gasteiger partial charge in [0.15, 0.2) is 5.82 Å². The number of fused-ring (bicyclic) bond motifs is 1. The molecule has 3 aromatic rings. The molecular formula is C21H27N6O3+. The van der Waals surface area contributed by atoms with E-state index in [0.717, 1.165) is 31.1 Å². The van der Waals surface area contributed by atoms with Crippen LogP contribution in [-0.2, 0) is 0 Å². The van der Waals surface area contributed by atoms with E-state index in [1.54, 1.807) is 16.8 Å². The molecule has 0 amide bonds. The molecule has 0 radical (unpaired) electrons. The Morgan fingerprint density at radius 3 is 2.77 bits per heavy atom. The molecule has 3 heterocycles. The fraction of sp³-hybridized carbons (Fsp3) is 0.429. The molecule has 0 aromatic carbocycles. The first kappa shape index (κ1) is 20.1. The van der Waals surface area contributed by atoms with E-state index in [2.05, 4.69) is 20.6 Å². The van der Waals surface area contributed by atoms with Gasteiger partial charge in [0.05, 0.1) is 22.1 Å². The van der Waals surface area contributed by atoms with Crippen LogP contribution in [0, 0.1) is 4.91 Å². The van der Waals surface area contributed by atoms with Crippen LogP contribution in [0.25, 0.3) is 10.8 Å². The SMILES string of the molecule is CC(C)n1ccc2cc(Nc3c[n+](=O)cc[nH]3)nc(NC3CCC(O)CC3)c2c1=O. The fourth-order valence-corrected chi connectivity index (χ4v) is 3.88. The van der Waals surface area contributed by atoms with E-state index >= 15 is 0 Å². The van der Waals surface area contributed by atoms with Gasteiger partial charge in [0.2, 0.25) is 6.20 Å². The summed E-state index contributed by atoms with van der Waals surface area (Å²) in [4.78, 5) is 32.4. The van der Waals surface area contributed by atoms with Gasteiger partial charge in [-0.05, 0) is 57.0 Å². The van der Waals surface area contributed by atoms with Crippen LogP contribution in [0.5, 0.6) is 0 Å². The molecule has 4 N–H and O–H groups in total. The highest BCUT2D eigenvalue weighted by Gasteiger charge is 2.22. The van der Waals surface area contributed by atoms with E-state index in [9.17, 15) is 14.8 Å². The number of anilines is 3. The normalized spacial score (nSPS) is 19.2. The fourth-order valence-electron chi connectivity index (χ4n) is 3.88. The van der Waals surface area contributed by atoms with Crippen molar-refractivity contribution >= 4 is 28.2 Å². The molecule has 0 atom stereocenters. The zero-order valence-electron chi connectivity index (χ0n) is 17.1. The number of aromatic nitrogens is 4. The smallest absolute Gasteiger partial charge is 0.268 e. The van der Waals surface area contributed by atoms with Gasteiger partial charge in [-0.15, -0.1) is 0 Å². The van der Waals surface area contributed by atoms with Gasteiger partial charge in [0, 0.05) is 23.2 Å². The monoisotopic (exact) mass is 411 g/mol. The number of aromatic amines is 1. The summed E-state index contributed by atoms with van der Waals surface area (Å²) in [7, 11) is 0. The van der Waals surface area contributed by atoms with Crippen molar-refractivity contribution in [3.63, 3.8) is 0 Å². The van der Waals surface area contributed by atoms with Gasteiger partial charge in [-0.1, -0.05) is 0 Å². The van der Waals surface area contributed by atoms with E-state index in [1.165, 1.54) is 18.6 Å². The van der Waals surface area contributed by atoms with E-state index in [-0.39, 0.29) is 23.7 Å². The zero-order chi connectivity index (χ0) is 21.3. The molecule has 3 aromatic heterocycles. The molecular weight excluding hydrogens is 384 g/mol. The minimum absolute atomic E-state index is 0.0313. The third-order valence-electron chi connectivity index (χ3n) is 5.49. The summed E-state index contributed by atoms with van der Waals surface area (Å²) in [5, 5.41) is 17.6. The summed E-state index contributed by atoms with van der Waals surface area (Å²) in [5.74, 6) is 1.52. The Balaban J connectivity index is 1.78. The maximum absolute atomic E-state index is 13.2. The topological polar surface area (TPSA) is 118 Å². The Kier molecular flexibility index (Phi) is 5.54. The maximum atomic E-state index is 13.2. The lowest BCUT2D eigenvalue weighted by Gasteiger charge is -2.27. The van der Waals surface area contributed by atoms with Gasteiger partial charge >= 0.3 is 0 Å². The predicted molar refractivity (Wildman–Crippen MR) is 116 cm³/mol. The lowest BCUT2D eigenvalue weighted by molar-refractivity contribution is -0.494. The summed E-state index contributed by atoms with van der Waals surface area (Å²) >= 11 is 0. The zero-order valence-corrected chi connectivity index (χ0v) is 17.1. The first-order valence-corrected chi connectivity index (χ1v) is 10.3. The lowest BCUT2D eigenvalue weighted by atomic mass is 9.93. The Hall–Kier alpha value is -3.20. The van der Waals surface area contributed by atoms with Crippen LogP contribution in [0.3, 0.4) is 0 Å². The third-order valence-corrected chi connectivity index (χ3v) is 5.49. The van der Waals surface area contributed by atoms with Crippen LogP contribution in [0.4, 0.5) is 17.5 Å². The molecule has 1 fully saturated rings. The van der Waals surface area contributed by atoms with E-state index in [1.807, 2.05) is 19.9 Å². The van der Waals surface area contributed by atoms with Crippen LogP contribution in [0.1, 0.15) is 45.6 Å². The van der Waals surface area contributed by atoms with Crippen molar-refractivity contribution in [1.82, 2.24) is 14.5 Å². The number of nitrogens with one attached hydrogen (secondary N) is 3. The van der Waals surface area contributed by atoms with Crippen molar-refractivity contribution in [3.8, 4) is 0 Å². The molecule has 1 saturated carbocycles. The summed E-state index contributed by atoms with van der Waals surface area (Å²) in [6.45, 7) is 3.94. The number of nitrogens with zero attached hydrogens (tertiary/aromatic N) is 3. The van der Waals surface area contributed by atoms with Gasteiger partial charge in [-0.3, -0.25) is 4.79 Å². The molecule has 1 aliphatic rings. The van der Waals surface area contributed by atoms with Crippen molar-refractivity contribution in [3.05, 3.63) is 52.2 Å². The van der Waals surface area contributed by atoms with E-state index in [4.69, 9.17) is 0 Å². The molecule has 0 aliphatic heterocycles. The van der Waals surface area contributed by atoms with Crippen molar-refractivity contribution in [2.45, 2.75) is 57.7 Å². The molecule has 4 rings (SSSR count). The van der Waals surface area contributed by atoms with Crippen LogP contribution in [0.15, 0.2) is 41.7 Å². The van der Waals surface area contributed by atoms with Gasteiger partial charge in [-0.25, -0.2) is 4.98 Å². The first-order valence-electron chi connectivity index (χ1n) is 10.3. The highest BCUT2D eigenvalue weighted by molar-refractivity contribution is 5.93. The number of hydrogen-bond donors (Lipinski definition) is 4.